The molecule has 0 saturated heterocycles. The van der Waals surface area contributed by atoms with Gasteiger partial charge >= 0.3 is 0 Å². The van der Waals surface area contributed by atoms with E-state index in [0.717, 1.165) is 0 Å². The van der Waals surface area contributed by atoms with E-state index in [9.17, 15) is 4.79 Å². The molecule has 0 aromatic carbocycles. The van der Waals surface area contributed by atoms with E-state index in [-0.39, 0.29) is 5.91 Å². The van der Waals surface area contributed by atoms with Crippen LogP contribution in [0, 0.1) is 12.3 Å². The molecule has 1 rings (SSSR count). The minimum Gasteiger partial charge on any atom is -0.457 e. The van der Waals surface area contributed by atoms with Crippen molar-refractivity contribution in [1.82, 2.24) is 5.32 Å². The van der Waals surface area contributed by atoms with Gasteiger partial charge in [0, 0.05) is 0 Å². The molecule has 4 heteroatoms. The van der Waals surface area contributed by atoms with Crippen molar-refractivity contribution in [2.75, 3.05) is 0 Å². The normalized spacial score (nSPS) is 10.7. The van der Waals surface area contributed by atoms with Crippen molar-refractivity contribution in [3.63, 3.8) is 0 Å². The summed E-state index contributed by atoms with van der Waals surface area (Å²) in [6.45, 7) is 3.50. The van der Waals surface area contributed by atoms with Crippen LogP contribution in [-0.2, 0) is 0 Å². The summed E-state index contributed by atoms with van der Waals surface area (Å²) in [4.78, 5) is 11.6. The van der Waals surface area contributed by atoms with Crippen molar-refractivity contribution >= 4 is 21.8 Å². The fraction of sp³-hybridized carbons (Fsp3) is 0.300. The number of hydrogen-bond donors (Lipinski definition) is 1. The van der Waals surface area contributed by atoms with Crippen LogP contribution in [0.5, 0.6) is 0 Å². The Balaban J connectivity index is 2.80. The Hall–Kier alpha value is -1.21. The Morgan fingerprint density at radius 2 is 2.36 bits per heavy atom. The third-order valence-corrected chi connectivity index (χ3v) is 2.26. The van der Waals surface area contributed by atoms with Gasteiger partial charge in [0.25, 0.3) is 5.91 Å². The van der Waals surface area contributed by atoms with E-state index in [1.165, 1.54) is 6.26 Å². The zero-order valence-electron chi connectivity index (χ0n) is 7.93. The number of amides is 1. The van der Waals surface area contributed by atoms with E-state index in [1.807, 2.05) is 0 Å². The van der Waals surface area contributed by atoms with Gasteiger partial charge in [-0.1, -0.05) is 5.92 Å². The molecule has 0 fully saturated rings. The second-order valence-electron chi connectivity index (χ2n) is 3.33. The first-order chi connectivity index (χ1) is 6.46. The second kappa shape index (κ2) is 3.89. The number of terminal acetylenes is 1. The van der Waals surface area contributed by atoms with E-state index < -0.39 is 5.54 Å². The maximum atomic E-state index is 11.6. The first kappa shape index (κ1) is 10.9. The molecule has 0 spiro atoms. The van der Waals surface area contributed by atoms with Crippen LogP contribution < -0.4 is 5.32 Å². The lowest BCUT2D eigenvalue weighted by molar-refractivity contribution is 0.0928. The lowest BCUT2D eigenvalue weighted by Crippen LogP contribution is -2.42. The minimum atomic E-state index is -0.659. The molecule has 1 heterocycles. The van der Waals surface area contributed by atoms with E-state index in [4.69, 9.17) is 10.8 Å². The Morgan fingerprint density at radius 3 is 2.79 bits per heavy atom. The zero-order valence-corrected chi connectivity index (χ0v) is 9.51. The SMILES string of the molecule is C#CC(C)(C)NC(=O)c1ccoc1Br. The van der Waals surface area contributed by atoms with Gasteiger partial charge in [0.1, 0.15) is 0 Å². The van der Waals surface area contributed by atoms with Crippen molar-refractivity contribution in [2.24, 2.45) is 0 Å². The van der Waals surface area contributed by atoms with Crippen LogP contribution in [0.15, 0.2) is 21.4 Å². The molecule has 1 aromatic heterocycles. The zero-order chi connectivity index (χ0) is 10.8. The maximum Gasteiger partial charge on any atom is 0.256 e. The number of carbonyl (C=O) groups is 1. The fourth-order valence-corrected chi connectivity index (χ4v) is 1.26. The van der Waals surface area contributed by atoms with Gasteiger partial charge in [-0.15, -0.1) is 6.42 Å². The van der Waals surface area contributed by atoms with E-state index in [1.54, 1.807) is 19.9 Å². The number of halogens is 1. The molecule has 0 aliphatic carbocycles. The highest BCUT2D eigenvalue weighted by Gasteiger charge is 2.20. The Morgan fingerprint density at radius 1 is 1.71 bits per heavy atom. The monoisotopic (exact) mass is 255 g/mol. The highest BCUT2D eigenvalue weighted by molar-refractivity contribution is 9.10. The van der Waals surface area contributed by atoms with Gasteiger partial charge in [0.15, 0.2) is 4.67 Å². The summed E-state index contributed by atoms with van der Waals surface area (Å²) in [6.07, 6.45) is 6.68. The van der Waals surface area contributed by atoms with Gasteiger partial charge in [-0.05, 0) is 35.8 Å². The van der Waals surface area contributed by atoms with Crippen molar-refractivity contribution in [3.05, 3.63) is 22.6 Å². The number of nitrogens with one attached hydrogen (secondary N) is 1. The molecule has 1 amide bonds. The molecule has 0 aliphatic heterocycles. The summed E-state index contributed by atoms with van der Waals surface area (Å²) < 4.78 is 5.34. The van der Waals surface area contributed by atoms with Gasteiger partial charge in [-0.3, -0.25) is 4.79 Å². The van der Waals surface area contributed by atoms with Crippen LogP contribution in [0.3, 0.4) is 0 Å². The van der Waals surface area contributed by atoms with Gasteiger partial charge < -0.3 is 9.73 Å². The van der Waals surface area contributed by atoms with Crippen molar-refractivity contribution in [2.45, 2.75) is 19.4 Å². The van der Waals surface area contributed by atoms with E-state index >= 15 is 0 Å². The molecule has 74 valence electrons. The summed E-state index contributed by atoms with van der Waals surface area (Å²) in [5, 5.41) is 2.68. The third-order valence-electron chi connectivity index (χ3n) is 1.65. The van der Waals surface area contributed by atoms with E-state index in [0.29, 0.717) is 10.2 Å². The minimum absolute atomic E-state index is 0.256. The number of rotatable bonds is 2. The lowest BCUT2D eigenvalue weighted by atomic mass is 10.1. The van der Waals surface area contributed by atoms with Crippen molar-refractivity contribution in [3.8, 4) is 12.3 Å². The average molecular weight is 256 g/mol. The summed E-state index contributed by atoms with van der Waals surface area (Å²) >= 11 is 3.12. The number of furan rings is 1. The second-order valence-corrected chi connectivity index (χ2v) is 4.05. The highest BCUT2D eigenvalue weighted by Crippen LogP contribution is 2.17. The number of hydrogen-bond acceptors (Lipinski definition) is 2. The summed E-state index contributed by atoms with van der Waals surface area (Å²) in [5.74, 6) is 2.22. The molecule has 0 bridgehead atoms. The summed E-state index contributed by atoms with van der Waals surface area (Å²) in [6, 6.07) is 1.58. The van der Waals surface area contributed by atoms with Crippen LogP contribution in [0.25, 0.3) is 0 Å². The quantitative estimate of drug-likeness (QED) is 0.824. The molecule has 14 heavy (non-hydrogen) atoms. The topological polar surface area (TPSA) is 42.2 Å². The average Bonchev–Trinajstić information content (AvgIpc) is 2.51. The Bertz CT molecular complexity index is 387. The lowest BCUT2D eigenvalue weighted by Gasteiger charge is -2.18. The molecule has 0 saturated carbocycles. The fourth-order valence-electron chi connectivity index (χ4n) is 0.843. The third kappa shape index (κ3) is 2.39. The van der Waals surface area contributed by atoms with Gasteiger partial charge in [-0.2, -0.15) is 0 Å². The Kier molecular flexibility index (Phi) is 3.02. The van der Waals surface area contributed by atoms with Crippen molar-refractivity contribution < 1.29 is 9.21 Å². The molecule has 0 unspecified atom stereocenters. The summed E-state index contributed by atoms with van der Waals surface area (Å²) in [5.41, 5.74) is -0.221. The van der Waals surface area contributed by atoms with Gasteiger partial charge in [0.2, 0.25) is 0 Å². The first-order valence-corrected chi connectivity index (χ1v) is 4.79. The highest BCUT2D eigenvalue weighted by atomic mass is 79.9. The van der Waals surface area contributed by atoms with Crippen LogP contribution in [0.1, 0.15) is 24.2 Å². The first-order valence-electron chi connectivity index (χ1n) is 3.99. The standard InChI is InChI=1S/C10H10BrNO2/c1-4-10(2,3)12-9(13)7-5-6-14-8(7)11/h1,5-6H,2-3H3,(H,12,13). The molecule has 0 atom stereocenters. The van der Waals surface area contributed by atoms with Gasteiger partial charge in [-0.25, -0.2) is 0 Å². The molecule has 0 radical (unpaired) electrons. The molecular weight excluding hydrogens is 246 g/mol. The van der Waals surface area contributed by atoms with Crippen LogP contribution in [0.4, 0.5) is 0 Å². The predicted molar refractivity (Wildman–Crippen MR) is 56.8 cm³/mol. The molecular formula is C10H10BrNO2. The molecule has 1 aromatic rings. The maximum absolute atomic E-state index is 11.6. The number of carbonyl (C=O) groups excluding carboxylic acids is 1. The van der Waals surface area contributed by atoms with Crippen LogP contribution in [0.2, 0.25) is 0 Å². The largest absolute Gasteiger partial charge is 0.457 e. The molecule has 3 nitrogen and oxygen atoms in total. The Labute approximate surface area is 91.0 Å². The summed E-state index contributed by atoms with van der Waals surface area (Å²) in [7, 11) is 0. The van der Waals surface area contributed by atoms with Crippen LogP contribution >= 0.6 is 15.9 Å². The predicted octanol–water partition coefficient (Wildman–Crippen LogP) is 2.18. The molecule has 1 N–H and O–H groups in total. The smallest absolute Gasteiger partial charge is 0.256 e. The van der Waals surface area contributed by atoms with Gasteiger partial charge in [0.05, 0.1) is 17.4 Å². The van der Waals surface area contributed by atoms with E-state index in [2.05, 4.69) is 27.2 Å². The van der Waals surface area contributed by atoms with Crippen molar-refractivity contribution in [1.29, 1.82) is 0 Å². The molecule has 0 aliphatic rings. The van der Waals surface area contributed by atoms with Crippen LogP contribution in [-0.4, -0.2) is 11.4 Å².